The van der Waals surface area contributed by atoms with Crippen LogP contribution in [-0.4, -0.2) is 29.0 Å². The summed E-state index contributed by atoms with van der Waals surface area (Å²) < 4.78 is 71.2. The van der Waals surface area contributed by atoms with E-state index in [9.17, 15) is 27.0 Å². The molecule has 0 radical (unpaired) electrons. The Morgan fingerprint density at radius 2 is 1.69 bits per heavy atom. The maximum atomic E-state index is 14.9. The maximum Gasteiger partial charge on any atom is 0.395 e. The fourth-order valence-electron chi connectivity index (χ4n) is 6.01. The Hall–Kier alpha value is -0.860. The van der Waals surface area contributed by atoms with E-state index in [1.165, 1.54) is 44.6 Å². The summed E-state index contributed by atoms with van der Waals surface area (Å²) >= 11 is 6.29. The summed E-state index contributed by atoms with van der Waals surface area (Å²) in [7, 11) is -4.63. The van der Waals surface area contributed by atoms with Crippen molar-refractivity contribution in [2.45, 2.75) is 83.2 Å². The summed E-state index contributed by atoms with van der Waals surface area (Å²) in [4.78, 5) is 9.31. The minimum absolute atomic E-state index is 0.0903. The standard InChI is InChI=1S/C25H37ClF4NO4P/c1-2-3-16-4-6-17(7-5-16)18-8-10-19(11-9-18)21-12-13-22(24(27)23(21)26)35-14-20(25(28,29)30)15-36(33,34)31-32/h12-13,16-20,32H,2-11,14-15H2,1H3,(H2,31,33,34)/t16?,17?,18?,19?,20-/m1/s1. The molecule has 0 aromatic heterocycles. The highest BCUT2D eigenvalue weighted by Crippen LogP contribution is 2.47. The van der Waals surface area contributed by atoms with Crippen LogP contribution in [0, 0.1) is 29.5 Å². The molecule has 2 aliphatic carbocycles. The van der Waals surface area contributed by atoms with Crippen LogP contribution in [-0.2, 0) is 4.57 Å². The van der Waals surface area contributed by atoms with Crippen molar-refractivity contribution in [2.75, 3.05) is 12.8 Å². The van der Waals surface area contributed by atoms with E-state index in [4.69, 9.17) is 21.5 Å². The van der Waals surface area contributed by atoms with Gasteiger partial charge in [-0.15, -0.1) is 5.25 Å². The second kappa shape index (κ2) is 12.8. The van der Waals surface area contributed by atoms with Gasteiger partial charge in [-0.3, -0.25) is 4.57 Å². The summed E-state index contributed by atoms with van der Waals surface area (Å²) in [5.41, 5.74) is 0.642. The molecule has 0 aliphatic heterocycles. The normalized spacial score (nSPS) is 27.9. The van der Waals surface area contributed by atoms with Gasteiger partial charge >= 0.3 is 6.18 Å². The summed E-state index contributed by atoms with van der Waals surface area (Å²) in [6.45, 7) is 1.15. The fourth-order valence-corrected chi connectivity index (χ4v) is 7.31. The highest BCUT2D eigenvalue weighted by atomic mass is 35.5. The monoisotopic (exact) mass is 557 g/mol. The molecule has 3 N–H and O–H groups in total. The number of nitrogens with one attached hydrogen (secondary N) is 1. The lowest BCUT2D eigenvalue weighted by molar-refractivity contribution is -0.175. The van der Waals surface area contributed by atoms with Gasteiger partial charge in [0.25, 0.3) is 7.52 Å². The molecule has 1 aromatic rings. The van der Waals surface area contributed by atoms with Crippen molar-refractivity contribution >= 4 is 19.1 Å². The lowest BCUT2D eigenvalue weighted by atomic mass is 9.68. The fraction of sp³-hybridized carbons (Fsp3) is 0.760. The molecule has 2 atom stereocenters. The van der Waals surface area contributed by atoms with Gasteiger partial charge in [0.05, 0.1) is 17.1 Å². The summed E-state index contributed by atoms with van der Waals surface area (Å²) in [5.74, 6) is -1.36. The molecule has 0 spiro atoms. The average molecular weight is 558 g/mol. The van der Waals surface area contributed by atoms with E-state index in [0.717, 1.165) is 42.8 Å². The first-order valence-corrected chi connectivity index (χ1v) is 15.1. The first-order chi connectivity index (χ1) is 16.9. The van der Waals surface area contributed by atoms with E-state index in [2.05, 4.69) is 6.92 Å². The van der Waals surface area contributed by atoms with Crippen LogP contribution in [0.2, 0.25) is 5.02 Å². The molecule has 2 aliphatic rings. The Kier molecular flexibility index (Phi) is 10.6. The molecule has 2 saturated carbocycles. The Morgan fingerprint density at radius 3 is 2.22 bits per heavy atom. The van der Waals surface area contributed by atoms with Crippen LogP contribution in [0.4, 0.5) is 17.6 Å². The van der Waals surface area contributed by atoms with E-state index in [1.807, 2.05) is 0 Å². The molecule has 1 unspecified atom stereocenters. The predicted molar refractivity (Wildman–Crippen MR) is 131 cm³/mol. The minimum Gasteiger partial charge on any atom is -0.490 e. The van der Waals surface area contributed by atoms with Gasteiger partial charge in [0, 0.05) is 0 Å². The van der Waals surface area contributed by atoms with Gasteiger partial charge in [-0.2, -0.15) is 13.2 Å². The Bertz CT molecular complexity index is 903. The van der Waals surface area contributed by atoms with E-state index in [-0.39, 0.29) is 10.9 Å². The molecule has 0 saturated heterocycles. The Balaban J connectivity index is 1.58. The highest BCUT2D eigenvalue weighted by molar-refractivity contribution is 7.55. The second-order valence-corrected chi connectivity index (χ2v) is 12.8. The van der Waals surface area contributed by atoms with Gasteiger partial charge in [0.15, 0.2) is 11.6 Å². The first kappa shape index (κ1) is 29.7. The largest absolute Gasteiger partial charge is 0.490 e. The summed E-state index contributed by atoms with van der Waals surface area (Å²) in [6.07, 6.45) is 5.52. The van der Waals surface area contributed by atoms with Crippen molar-refractivity contribution in [2.24, 2.45) is 23.7 Å². The lowest BCUT2D eigenvalue weighted by Gasteiger charge is -2.38. The average Bonchev–Trinajstić information content (AvgIpc) is 2.84. The van der Waals surface area contributed by atoms with Crippen molar-refractivity contribution in [1.29, 1.82) is 0 Å². The third kappa shape index (κ3) is 7.83. The summed E-state index contributed by atoms with van der Waals surface area (Å²) in [6, 6.07) is 2.88. The number of ether oxygens (including phenoxy) is 1. The highest BCUT2D eigenvalue weighted by Gasteiger charge is 2.44. The topological polar surface area (TPSA) is 78.8 Å². The third-order valence-electron chi connectivity index (χ3n) is 8.07. The van der Waals surface area contributed by atoms with Gasteiger partial charge in [-0.25, -0.2) is 4.39 Å². The van der Waals surface area contributed by atoms with Crippen molar-refractivity contribution in [3.63, 3.8) is 0 Å². The van der Waals surface area contributed by atoms with Crippen LogP contribution < -0.4 is 9.99 Å². The van der Waals surface area contributed by atoms with E-state index in [1.54, 1.807) is 6.07 Å². The number of alkyl halides is 3. The van der Waals surface area contributed by atoms with Crippen LogP contribution in [0.3, 0.4) is 0 Å². The smallest absolute Gasteiger partial charge is 0.395 e. The van der Waals surface area contributed by atoms with E-state index >= 15 is 0 Å². The van der Waals surface area contributed by atoms with Gasteiger partial charge in [0.1, 0.15) is 6.61 Å². The number of benzene rings is 1. The zero-order valence-corrected chi connectivity index (χ0v) is 22.2. The number of halogens is 5. The van der Waals surface area contributed by atoms with Crippen molar-refractivity contribution in [1.82, 2.24) is 5.25 Å². The zero-order chi connectivity index (χ0) is 26.5. The minimum atomic E-state index is -4.89. The molecule has 0 amide bonds. The Labute approximate surface area is 215 Å². The van der Waals surface area contributed by atoms with Crippen LogP contribution in [0.25, 0.3) is 0 Å². The summed E-state index contributed by atoms with van der Waals surface area (Å²) in [5, 5.41) is 9.45. The molecular weight excluding hydrogens is 521 g/mol. The molecular formula is C25H37ClF4NO4P. The molecule has 1 aromatic carbocycles. The number of hydrogen-bond donors (Lipinski definition) is 3. The third-order valence-corrected chi connectivity index (χ3v) is 9.70. The van der Waals surface area contributed by atoms with Crippen LogP contribution in [0.1, 0.15) is 82.6 Å². The van der Waals surface area contributed by atoms with Gasteiger partial charge in [-0.1, -0.05) is 50.3 Å². The van der Waals surface area contributed by atoms with Gasteiger partial charge in [0.2, 0.25) is 0 Å². The van der Waals surface area contributed by atoms with Crippen molar-refractivity contribution in [3.05, 3.63) is 28.5 Å². The van der Waals surface area contributed by atoms with Crippen LogP contribution >= 0.6 is 19.1 Å². The van der Waals surface area contributed by atoms with Crippen molar-refractivity contribution < 1.29 is 37.0 Å². The molecule has 3 rings (SSSR count). The van der Waals surface area contributed by atoms with Crippen molar-refractivity contribution in [3.8, 4) is 5.75 Å². The molecule has 2 fully saturated rings. The van der Waals surface area contributed by atoms with Crippen LogP contribution in [0.5, 0.6) is 5.75 Å². The lowest BCUT2D eigenvalue weighted by Crippen LogP contribution is -2.33. The predicted octanol–water partition coefficient (Wildman–Crippen LogP) is 8.08. The molecule has 11 heteroatoms. The van der Waals surface area contributed by atoms with Gasteiger partial charge < -0.3 is 14.8 Å². The molecule has 0 heterocycles. The first-order valence-electron chi connectivity index (χ1n) is 12.9. The molecule has 5 nitrogen and oxygen atoms in total. The van der Waals surface area contributed by atoms with E-state index in [0.29, 0.717) is 11.5 Å². The maximum absolute atomic E-state index is 14.9. The zero-order valence-electron chi connectivity index (χ0n) is 20.6. The van der Waals surface area contributed by atoms with Gasteiger partial charge in [-0.05, 0) is 73.8 Å². The van der Waals surface area contributed by atoms with Crippen LogP contribution in [0.15, 0.2) is 12.1 Å². The molecule has 206 valence electrons. The quantitative estimate of drug-likeness (QED) is 0.154. The number of rotatable bonds is 10. The second-order valence-electron chi connectivity index (χ2n) is 10.5. The van der Waals surface area contributed by atoms with E-state index < -0.39 is 43.9 Å². The molecule has 36 heavy (non-hydrogen) atoms. The Morgan fingerprint density at radius 1 is 1.11 bits per heavy atom. The molecule has 0 bridgehead atoms. The SMILES string of the molecule is CCCC1CCC(C2CCC(c3ccc(OC[C@H](CP(=O)(O)NO)C(F)(F)F)c(F)c3Cl)CC2)CC1. The number of hydrogen-bond acceptors (Lipinski definition) is 3.